The average molecular weight is 739 g/mol. The van der Waals surface area contributed by atoms with Gasteiger partial charge >= 0.3 is 47.8 Å². The maximum Gasteiger partial charge on any atom is 0.374 e. The van der Waals surface area contributed by atoms with Gasteiger partial charge in [-0.25, -0.2) is 9.59 Å². The first-order valence-corrected chi connectivity index (χ1v) is 15.7. The molecule has 0 saturated heterocycles. The van der Waals surface area contributed by atoms with Gasteiger partial charge in [0.15, 0.2) is 11.9 Å². The van der Waals surface area contributed by atoms with Gasteiger partial charge in [0.05, 0.1) is 39.8 Å². The van der Waals surface area contributed by atoms with Crippen molar-refractivity contribution in [2.75, 3.05) is 46.8 Å². The third kappa shape index (κ3) is 28.6. The topological polar surface area (TPSA) is 265 Å². The van der Waals surface area contributed by atoms with E-state index in [1.165, 1.54) is 14.0 Å². The minimum atomic E-state index is -2.08. The lowest BCUT2D eigenvalue weighted by atomic mass is 9.95. The van der Waals surface area contributed by atoms with Crippen LogP contribution in [0.3, 0.4) is 0 Å². The number of carbonyl (C=O) groups excluding carboxylic acids is 10. The molecule has 292 valence electrons. The number of hydrogen-bond acceptors (Lipinski definition) is 19. The van der Waals surface area contributed by atoms with Crippen LogP contribution in [-0.2, 0) is 85.8 Å². The highest BCUT2D eigenvalue weighted by atomic mass is 16.6. The van der Waals surface area contributed by atoms with E-state index in [1.54, 1.807) is 20.8 Å². The summed E-state index contributed by atoms with van der Waals surface area (Å²) >= 11 is 0. The average Bonchev–Trinajstić information content (AvgIpc) is 3.04. The number of ether oxygens (including phenoxy) is 8. The molecule has 0 heterocycles. The van der Waals surface area contributed by atoms with Crippen LogP contribution < -0.4 is 0 Å². The van der Waals surface area contributed by atoms with Gasteiger partial charge in [0.1, 0.15) is 19.8 Å². The van der Waals surface area contributed by atoms with Crippen molar-refractivity contribution < 1.29 is 90.9 Å². The largest absolute Gasteiger partial charge is 0.469 e. The van der Waals surface area contributed by atoms with E-state index in [4.69, 9.17) is 28.8 Å². The summed E-state index contributed by atoms with van der Waals surface area (Å²) in [6.07, 6.45) is -0.217. The lowest BCUT2D eigenvalue weighted by Gasteiger charge is -2.28. The van der Waals surface area contributed by atoms with Gasteiger partial charge in [-0.05, 0) is 33.6 Å². The van der Waals surface area contributed by atoms with Crippen LogP contribution in [0.4, 0.5) is 0 Å². The Hall–Kier alpha value is -4.94. The third-order valence-corrected chi connectivity index (χ3v) is 5.44. The molecule has 19 nitrogen and oxygen atoms in total. The van der Waals surface area contributed by atoms with Crippen LogP contribution >= 0.6 is 0 Å². The molecule has 0 aromatic heterocycles. The highest BCUT2D eigenvalue weighted by molar-refractivity contribution is 6.32. The van der Waals surface area contributed by atoms with Crippen molar-refractivity contribution in [3.63, 3.8) is 0 Å². The maximum absolute atomic E-state index is 12.2. The Morgan fingerprint density at radius 3 is 1.49 bits per heavy atom. The number of unbranched alkanes of at least 4 members (excludes halogenated alkanes) is 1. The number of ketones is 2. The number of carbonyl (C=O) groups is 10. The second-order valence-electron chi connectivity index (χ2n) is 9.94. The van der Waals surface area contributed by atoms with Crippen molar-refractivity contribution in [2.24, 2.45) is 0 Å². The van der Waals surface area contributed by atoms with E-state index in [1.807, 2.05) is 0 Å². The first-order valence-electron chi connectivity index (χ1n) is 15.7. The first-order chi connectivity index (χ1) is 23.8. The van der Waals surface area contributed by atoms with Gasteiger partial charge in [0.25, 0.3) is 0 Å². The van der Waals surface area contributed by atoms with Crippen molar-refractivity contribution in [1.82, 2.24) is 0 Å². The van der Waals surface area contributed by atoms with Gasteiger partial charge < -0.3 is 43.0 Å². The van der Waals surface area contributed by atoms with Crippen LogP contribution in [0.5, 0.6) is 0 Å². The molecule has 0 aromatic carbocycles. The van der Waals surface area contributed by atoms with Gasteiger partial charge in [0.2, 0.25) is 11.4 Å². The second kappa shape index (κ2) is 29.9. The zero-order chi connectivity index (χ0) is 40.0. The molecule has 1 atom stereocenters. The number of rotatable bonds is 21. The van der Waals surface area contributed by atoms with Crippen LogP contribution in [0.25, 0.3) is 0 Å². The molecule has 0 bridgehead atoms. The van der Waals surface area contributed by atoms with E-state index in [0.29, 0.717) is 25.7 Å². The van der Waals surface area contributed by atoms with Crippen LogP contribution in [0.1, 0.15) is 87.0 Å². The van der Waals surface area contributed by atoms with Crippen molar-refractivity contribution >= 4 is 59.3 Å². The number of Topliss-reactive ketones (excluding diaryl/α,β-unsaturated/α-hetero) is 2. The molecule has 0 radical (unpaired) electrons. The number of aliphatic hydroxyl groups excluding tert-OH is 1. The van der Waals surface area contributed by atoms with Crippen LogP contribution in [-0.4, -0.2) is 123 Å². The summed E-state index contributed by atoms with van der Waals surface area (Å²) in [5, 5.41) is 8.35. The molecule has 0 aliphatic carbocycles. The maximum atomic E-state index is 12.2. The zero-order valence-corrected chi connectivity index (χ0v) is 30.4. The quantitative estimate of drug-likeness (QED) is 0.0733. The first kappa shape index (κ1) is 50.4. The lowest BCUT2D eigenvalue weighted by molar-refractivity contribution is -0.190. The highest BCUT2D eigenvalue weighted by Gasteiger charge is 2.48. The Morgan fingerprint density at radius 1 is 0.608 bits per heavy atom. The monoisotopic (exact) mass is 738 g/mol. The fraction of sp³-hybridized carbons (Fsp3) is 0.688. The number of aliphatic hydroxyl groups is 1. The Labute approximate surface area is 295 Å². The van der Waals surface area contributed by atoms with E-state index < -0.39 is 78.7 Å². The summed E-state index contributed by atoms with van der Waals surface area (Å²) in [6.45, 7) is 8.35. The predicted octanol–water partition coefficient (Wildman–Crippen LogP) is 0.652. The lowest BCUT2D eigenvalue weighted by Crippen LogP contribution is -2.48. The Balaban J connectivity index is -0.000000709. The smallest absolute Gasteiger partial charge is 0.374 e. The molecule has 0 aliphatic rings. The molecule has 0 rings (SSSR count). The predicted molar refractivity (Wildman–Crippen MR) is 170 cm³/mol. The molecule has 1 N–H and O–H groups in total. The fourth-order valence-electron chi connectivity index (χ4n) is 3.35. The van der Waals surface area contributed by atoms with Gasteiger partial charge in [-0.2, -0.15) is 0 Å². The molecule has 0 aliphatic heterocycles. The number of methoxy groups -OCH3 is 1. The normalized spacial score (nSPS) is 10.5. The molecule has 0 aromatic rings. The molecule has 0 amide bonds. The van der Waals surface area contributed by atoms with Crippen molar-refractivity contribution in [1.29, 1.82) is 0 Å². The van der Waals surface area contributed by atoms with Gasteiger partial charge in [-0.1, -0.05) is 0 Å². The van der Waals surface area contributed by atoms with Crippen molar-refractivity contribution in [2.45, 2.75) is 98.7 Å². The minimum Gasteiger partial charge on any atom is -0.469 e. The third-order valence-electron chi connectivity index (χ3n) is 5.44. The van der Waals surface area contributed by atoms with Gasteiger partial charge in [0, 0.05) is 40.5 Å². The summed E-state index contributed by atoms with van der Waals surface area (Å²) in [6, 6.07) is 0. The van der Waals surface area contributed by atoms with Crippen molar-refractivity contribution in [3.8, 4) is 0 Å². The fourth-order valence-corrected chi connectivity index (χ4v) is 3.35. The van der Waals surface area contributed by atoms with Crippen LogP contribution in [0.15, 0.2) is 0 Å². The van der Waals surface area contributed by atoms with Gasteiger partial charge in [-0.15, -0.1) is 0 Å². The summed E-state index contributed by atoms with van der Waals surface area (Å²) in [7, 11) is 1.33. The number of hydrogen-bond donors (Lipinski definition) is 1. The molecule has 0 saturated carbocycles. The van der Waals surface area contributed by atoms with E-state index in [0.717, 1.165) is 20.8 Å². The van der Waals surface area contributed by atoms with Gasteiger partial charge in [-0.3, -0.25) is 38.4 Å². The molecular weight excluding hydrogens is 688 g/mol. The molecule has 19 heteroatoms. The minimum absolute atomic E-state index is 0.00645. The second-order valence-corrected chi connectivity index (χ2v) is 9.94. The Kier molecular flexibility index (Phi) is 29.6. The summed E-state index contributed by atoms with van der Waals surface area (Å²) in [4.78, 5) is 111. The van der Waals surface area contributed by atoms with Crippen molar-refractivity contribution in [3.05, 3.63) is 0 Å². The Morgan fingerprint density at radius 2 is 1.10 bits per heavy atom. The van der Waals surface area contributed by atoms with E-state index >= 15 is 0 Å². The van der Waals surface area contributed by atoms with Crippen LogP contribution in [0, 0.1) is 0 Å². The standard InChI is InChI=1S/C14H22O8.C10H14O7.C8H14O4/c1-5-19-11(16)8-14(22-10(4)15,13(18)21-7-3)9-12(17)20-6-2;1-6(11)10(14)16-5-9(17-8(3)13)4-15-7(2)12;1-12-8(11)5-3-2-4-7(10)6-9/h5-9H2,1-4H3;9H,4-5H2,1-3H3;9H,2-6H2,1H3. The SMILES string of the molecule is CC(=O)OCC(COC(=O)C(C)=O)OC(C)=O.CCOC(=O)CC(CC(=O)OCC)(OC(C)=O)C(=O)OCC.COC(=O)CCCCC(=O)CO. The summed E-state index contributed by atoms with van der Waals surface area (Å²) in [5.41, 5.74) is -2.08. The van der Waals surface area contributed by atoms with E-state index in [9.17, 15) is 47.9 Å². The van der Waals surface area contributed by atoms with Crippen LogP contribution in [0.2, 0.25) is 0 Å². The highest BCUT2D eigenvalue weighted by Crippen LogP contribution is 2.25. The molecule has 0 spiro atoms. The molecule has 1 unspecified atom stereocenters. The van der Waals surface area contributed by atoms with E-state index in [2.05, 4.69) is 14.2 Å². The number of esters is 8. The summed E-state index contributed by atoms with van der Waals surface area (Å²) in [5.74, 6) is -6.81. The summed E-state index contributed by atoms with van der Waals surface area (Å²) < 4.78 is 37.6. The molecule has 51 heavy (non-hydrogen) atoms. The Bertz CT molecular complexity index is 1120. The molecular formula is C32H50O19. The molecule has 0 fully saturated rings. The zero-order valence-electron chi connectivity index (χ0n) is 30.4. The van der Waals surface area contributed by atoms with E-state index in [-0.39, 0.29) is 44.8 Å².